The smallest absolute Gasteiger partial charge is 0.257 e. The Labute approximate surface area is 192 Å². The molecule has 31 heavy (non-hydrogen) atoms. The van der Waals surface area contributed by atoms with Crippen LogP contribution in [0.1, 0.15) is 52.8 Å². The van der Waals surface area contributed by atoms with Crippen molar-refractivity contribution in [3.05, 3.63) is 38.8 Å². The Hall–Kier alpha value is -1.07. The van der Waals surface area contributed by atoms with Crippen molar-refractivity contribution < 1.29 is 13.2 Å². The van der Waals surface area contributed by atoms with Crippen LogP contribution in [0.5, 0.6) is 0 Å². The maximum Gasteiger partial charge on any atom is 0.257 e. The molecule has 0 aliphatic heterocycles. The van der Waals surface area contributed by atoms with Gasteiger partial charge in [-0.15, -0.1) is 0 Å². The summed E-state index contributed by atoms with van der Waals surface area (Å²) in [5, 5.41) is 0.0482. The minimum Gasteiger partial charge on any atom is -0.412 e. The maximum atomic E-state index is 15.1. The lowest BCUT2D eigenvalue weighted by Crippen LogP contribution is -2.41. The zero-order valence-corrected chi connectivity index (χ0v) is 23.2. The van der Waals surface area contributed by atoms with Gasteiger partial charge in [-0.05, 0) is 36.3 Å². The largest absolute Gasteiger partial charge is 0.412 e. The van der Waals surface area contributed by atoms with Crippen LogP contribution in [0.3, 0.4) is 0 Å². The van der Waals surface area contributed by atoms with E-state index in [0.29, 0.717) is 11.3 Å². The van der Waals surface area contributed by atoms with Crippen molar-refractivity contribution in [2.24, 2.45) is 0 Å². The SMILES string of the molecule is CC(C)(C)[Si](C)(C)OCc1[nH]c(=O)c2cnc(Cl)c(F)c2c1CO[Si](C)(C)C(C)(C)C. The number of fused-ring (bicyclic) bond motifs is 1. The fourth-order valence-corrected chi connectivity index (χ4v) is 4.60. The molecule has 0 saturated carbocycles. The zero-order valence-electron chi connectivity index (χ0n) is 20.4. The highest BCUT2D eigenvalue weighted by atomic mass is 35.5. The van der Waals surface area contributed by atoms with Gasteiger partial charge in [0.25, 0.3) is 5.56 Å². The third-order valence-electron chi connectivity index (χ3n) is 6.92. The number of nitrogens with zero attached hydrogens (tertiary/aromatic N) is 1. The third kappa shape index (κ3) is 5.47. The number of hydrogen-bond acceptors (Lipinski definition) is 4. The van der Waals surface area contributed by atoms with E-state index >= 15 is 4.39 Å². The van der Waals surface area contributed by atoms with Crippen molar-refractivity contribution in [1.29, 1.82) is 0 Å². The van der Waals surface area contributed by atoms with Gasteiger partial charge in [-0.2, -0.15) is 0 Å². The van der Waals surface area contributed by atoms with Crippen LogP contribution < -0.4 is 5.56 Å². The lowest BCUT2D eigenvalue weighted by Gasteiger charge is -2.37. The highest BCUT2D eigenvalue weighted by Crippen LogP contribution is 2.39. The lowest BCUT2D eigenvalue weighted by atomic mass is 10.1. The summed E-state index contributed by atoms with van der Waals surface area (Å²) in [7, 11) is -4.22. The van der Waals surface area contributed by atoms with Gasteiger partial charge in [-0.1, -0.05) is 53.1 Å². The van der Waals surface area contributed by atoms with Gasteiger partial charge in [0, 0.05) is 22.8 Å². The van der Waals surface area contributed by atoms with Gasteiger partial charge in [0.1, 0.15) is 0 Å². The van der Waals surface area contributed by atoms with Crippen molar-refractivity contribution >= 4 is 39.0 Å². The number of halogens is 2. The van der Waals surface area contributed by atoms with Gasteiger partial charge in [0.05, 0.1) is 18.6 Å². The predicted molar refractivity (Wildman–Crippen MR) is 131 cm³/mol. The first kappa shape index (κ1) is 26.2. The van der Waals surface area contributed by atoms with Gasteiger partial charge in [-0.3, -0.25) is 4.79 Å². The number of pyridine rings is 2. The topological polar surface area (TPSA) is 64.2 Å². The minimum atomic E-state index is -2.13. The molecule has 0 fully saturated rings. The van der Waals surface area contributed by atoms with Gasteiger partial charge >= 0.3 is 0 Å². The fourth-order valence-electron chi connectivity index (χ4n) is 2.58. The second kappa shape index (κ2) is 8.70. The monoisotopic (exact) mass is 486 g/mol. The molecule has 0 aliphatic carbocycles. The highest BCUT2D eigenvalue weighted by Gasteiger charge is 2.39. The number of aromatic amines is 1. The summed E-state index contributed by atoms with van der Waals surface area (Å²) in [6.07, 6.45) is 1.31. The summed E-state index contributed by atoms with van der Waals surface area (Å²) >= 11 is 5.98. The number of H-pyrrole nitrogens is 1. The molecule has 2 rings (SSSR count). The first-order valence-corrected chi connectivity index (χ1v) is 16.7. The zero-order chi connectivity index (χ0) is 24.0. The molecular formula is C22H36ClFN2O3Si2. The Morgan fingerprint density at radius 1 is 1.00 bits per heavy atom. The Balaban J connectivity index is 2.62. The van der Waals surface area contributed by atoms with Crippen molar-refractivity contribution in [3.8, 4) is 0 Å². The minimum absolute atomic E-state index is 0.000421. The average molecular weight is 487 g/mol. The van der Waals surface area contributed by atoms with E-state index in [-0.39, 0.29) is 39.2 Å². The van der Waals surface area contributed by atoms with Gasteiger partial charge < -0.3 is 13.8 Å². The van der Waals surface area contributed by atoms with Crippen LogP contribution in [0.4, 0.5) is 4.39 Å². The molecule has 5 nitrogen and oxygen atoms in total. The maximum absolute atomic E-state index is 15.1. The van der Waals surface area contributed by atoms with Crippen molar-refractivity contribution in [2.45, 2.75) is 91.0 Å². The molecule has 0 aliphatic rings. The normalized spacial score (nSPS) is 13.8. The Bertz CT molecular complexity index is 1020. The van der Waals surface area contributed by atoms with Crippen LogP contribution in [-0.4, -0.2) is 26.6 Å². The van der Waals surface area contributed by atoms with Gasteiger partial charge in [0.15, 0.2) is 27.6 Å². The summed E-state index contributed by atoms with van der Waals surface area (Å²) in [4.78, 5) is 19.4. The molecule has 0 spiro atoms. The third-order valence-corrected chi connectivity index (χ3v) is 16.1. The van der Waals surface area contributed by atoms with E-state index in [9.17, 15) is 4.79 Å². The number of nitrogens with one attached hydrogen (secondary N) is 1. The summed E-state index contributed by atoms with van der Waals surface area (Å²) in [6.45, 7) is 21.8. The summed E-state index contributed by atoms with van der Waals surface area (Å²) in [5.41, 5.74) is 0.685. The lowest BCUT2D eigenvalue weighted by molar-refractivity contribution is 0.254. The van der Waals surface area contributed by atoms with Crippen LogP contribution in [0.15, 0.2) is 11.0 Å². The molecule has 2 aromatic heterocycles. The Morgan fingerprint density at radius 2 is 1.48 bits per heavy atom. The summed E-state index contributed by atoms with van der Waals surface area (Å²) < 4.78 is 27.9. The van der Waals surface area contributed by atoms with E-state index < -0.39 is 28.0 Å². The van der Waals surface area contributed by atoms with E-state index in [2.05, 4.69) is 77.7 Å². The molecule has 0 aromatic carbocycles. The number of aromatic nitrogens is 2. The van der Waals surface area contributed by atoms with Crippen molar-refractivity contribution in [3.63, 3.8) is 0 Å². The van der Waals surface area contributed by atoms with E-state index in [1.54, 1.807) is 0 Å². The Morgan fingerprint density at radius 3 is 1.97 bits per heavy atom. The van der Waals surface area contributed by atoms with E-state index in [0.717, 1.165) is 0 Å². The van der Waals surface area contributed by atoms with Crippen LogP contribution >= 0.6 is 11.6 Å². The highest BCUT2D eigenvalue weighted by molar-refractivity contribution is 6.74. The van der Waals surface area contributed by atoms with Crippen LogP contribution in [0.2, 0.25) is 41.4 Å². The number of hydrogen-bond donors (Lipinski definition) is 1. The van der Waals surface area contributed by atoms with Crippen LogP contribution in [-0.2, 0) is 22.1 Å². The van der Waals surface area contributed by atoms with E-state index in [1.165, 1.54) is 6.20 Å². The number of rotatable bonds is 6. The fraction of sp³-hybridized carbons (Fsp3) is 0.636. The van der Waals surface area contributed by atoms with Crippen molar-refractivity contribution in [2.75, 3.05) is 0 Å². The standard InChI is InChI=1S/C22H36ClFN2O3Si2/c1-21(2,3)30(7,8)28-12-15-16(13-29-31(9,10)22(4,5)6)26-20(27)14-11-25-19(23)18(24)17(14)15/h11H,12-13H2,1-10H3,(H,26,27). The molecular weight excluding hydrogens is 451 g/mol. The molecule has 0 saturated heterocycles. The average Bonchev–Trinajstić information content (AvgIpc) is 2.60. The second-order valence-electron chi connectivity index (χ2n) is 11.2. The summed E-state index contributed by atoms with van der Waals surface area (Å²) in [5.74, 6) is -0.701. The van der Waals surface area contributed by atoms with Crippen molar-refractivity contribution in [1.82, 2.24) is 9.97 Å². The van der Waals surface area contributed by atoms with Gasteiger partial charge in [0.2, 0.25) is 0 Å². The van der Waals surface area contributed by atoms with E-state index in [1.807, 2.05) is 0 Å². The van der Waals surface area contributed by atoms with Crippen LogP contribution in [0.25, 0.3) is 10.8 Å². The molecule has 0 atom stereocenters. The molecule has 0 amide bonds. The molecule has 9 heteroatoms. The molecule has 174 valence electrons. The molecule has 0 bridgehead atoms. The quantitative estimate of drug-likeness (QED) is 0.362. The first-order chi connectivity index (χ1) is 13.9. The summed E-state index contributed by atoms with van der Waals surface area (Å²) in [6, 6.07) is 0. The predicted octanol–water partition coefficient (Wildman–Crippen LogP) is 6.76. The van der Waals surface area contributed by atoms with E-state index in [4.69, 9.17) is 20.5 Å². The second-order valence-corrected chi connectivity index (χ2v) is 21.1. The molecule has 2 heterocycles. The molecule has 2 aromatic rings. The molecule has 1 N–H and O–H groups in total. The first-order valence-electron chi connectivity index (χ1n) is 10.5. The van der Waals surface area contributed by atoms with Crippen LogP contribution in [0, 0.1) is 5.82 Å². The molecule has 0 unspecified atom stereocenters. The van der Waals surface area contributed by atoms with Gasteiger partial charge in [-0.25, -0.2) is 9.37 Å². The molecule has 0 radical (unpaired) electrons. The Kier molecular flexibility index (Phi) is 7.35.